The van der Waals surface area contributed by atoms with Crippen LogP contribution in [0.4, 0.5) is 5.69 Å². The number of hydrogen-bond donors (Lipinski definition) is 2. The van der Waals surface area contributed by atoms with Crippen LogP contribution in [0.3, 0.4) is 0 Å². The molecule has 0 spiro atoms. The van der Waals surface area contributed by atoms with Gasteiger partial charge in [0.25, 0.3) is 17.5 Å². The highest BCUT2D eigenvalue weighted by atomic mass is 79.9. The van der Waals surface area contributed by atoms with Gasteiger partial charge in [0.2, 0.25) is 0 Å². The summed E-state index contributed by atoms with van der Waals surface area (Å²) in [6.45, 7) is 1.20. The Kier molecular flexibility index (Phi) is 7.12. The zero-order chi connectivity index (χ0) is 19.8. The van der Waals surface area contributed by atoms with Gasteiger partial charge in [-0.3, -0.25) is 30.6 Å². The smallest absolute Gasteiger partial charge is 0.279 e. The predicted octanol–water partition coefficient (Wildman–Crippen LogP) is 2.35. The summed E-state index contributed by atoms with van der Waals surface area (Å²) in [5.41, 5.74) is 4.35. The molecule has 1 atom stereocenters. The number of benzene rings is 2. The lowest BCUT2D eigenvalue weighted by Crippen LogP contribution is -2.48. The highest BCUT2D eigenvalue weighted by molar-refractivity contribution is 9.10. The Morgan fingerprint density at radius 1 is 1.07 bits per heavy atom. The molecule has 0 fully saturated rings. The zero-order valence-corrected chi connectivity index (χ0v) is 15.8. The lowest BCUT2D eigenvalue weighted by molar-refractivity contribution is -0.384. The van der Waals surface area contributed by atoms with E-state index in [1.807, 2.05) is 0 Å². The molecule has 0 aliphatic rings. The molecule has 2 rings (SSSR count). The average Bonchev–Trinajstić information content (AvgIpc) is 2.66. The van der Waals surface area contributed by atoms with Crippen LogP contribution in [-0.2, 0) is 9.59 Å². The quantitative estimate of drug-likeness (QED) is 0.506. The molecule has 0 aliphatic carbocycles. The second-order valence-electron chi connectivity index (χ2n) is 5.29. The van der Waals surface area contributed by atoms with Gasteiger partial charge in [0, 0.05) is 16.6 Å². The molecule has 0 aliphatic heterocycles. The van der Waals surface area contributed by atoms with Crippen LogP contribution in [0.1, 0.15) is 6.92 Å². The molecule has 0 aromatic heterocycles. The number of ether oxygens (including phenoxy) is 2. The number of non-ortho nitro benzene ring substituents is 1. The van der Waals surface area contributed by atoms with Crippen molar-refractivity contribution in [1.82, 2.24) is 10.9 Å². The standard InChI is InChI=1S/C17H16BrN3O6/c1-11(27-15-8-4-13(5-9-15)21(24)25)17(23)20-19-16(22)10-26-14-6-2-12(18)3-7-14/h2-9,11H,10H2,1H3,(H,19,22)(H,20,23). The van der Waals surface area contributed by atoms with Crippen LogP contribution in [0, 0.1) is 10.1 Å². The first-order chi connectivity index (χ1) is 12.8. The fourth-order valence-electron chi connectivity index (χ4n) is 1.85. The van der Waals surface area contributed by atoms with E-state index in [9.17, 15) is 19.7 Å². The van der Waals surface area contributed by atoms with E-state index in [4.69, 9.17) is 9.47 Å². The number of nitro groups is 1. The third-order valence-corrected chi connectivity index (χ3v) is 3.77. The monoisotopic (exact) mass is 437 g/mol. The van der Waals surface area contributed by atoms with Crippen molar-refractivity contribution in [1.29, 1.82) is 0 Å². The second-order valence-corrected chi connectivity index (χ2v) is 6.21. The fraction of sp³-hybridized carbons (Fsp3) is 0.176. The number of hydrogen-bond acceptors (Lipinski definition) is 6. The fourth-order valence-corrected chi connectivity index (χ4v) is 2.12. The number of carbonyl (C=O) groups is 2. The van der Waals surface area contributed by atoms with Crippen molar-refractivity contribution in [3.8, 4) is 11.5 Å². The molecule has 2 aromatic rings. The number of amides is 2. The average molecular weight is 438 g/mol. The molecule has 142 valence electrons. The summed E-state index contributed by atoms with van der Waals surface area (Å²) in [4.78, 5) is 33.7. The number of nitro benzene ring substituents is 1. The lowest BCUT2D eigenvalue weighted by Gasteiger charge is -2.15. The summed E-state index contributed by atoms with van der Waals surface area (Å²) in [6, 6.07) is 12.2. The Labute approximate surface area is 162 Å². The summed E-state index contributed by atoms with van der Waals surface area (Å²) < 4.78 is 11.5. The summed E-state index contributed by atoms with van der Waals surface area (Å²) in [5, 5.41) is 10.6. The topological polar surface area (TPSA) is 120 Å². The van der Waals surface area contributed by atoms with E-state index < -0.39 is 22.8 Å². The van der Waals surface area contributed by atoms with E-state index in [1.54, 1.807) is 24.3 Å². The first-order valence-corrected chi connectivity index (χ1v) is 8.52. The number of halogens is 1. The van der Waals surface area contributed by atoms with Gasteiger partial charge in [0.15, 0.2) is 12.7 Å². The molecule has 0 heterocycles. The second kappa shape index (κ2) is 9.53. The van der Waals surface area contributed by atoms with Gasteiger partial charge in [-0.1, -0.05) is 15.9 Å². The van der Waals surface area contributed by atoms with E-state index in [0.717, 1.165) is 4.47 Å². The van der Waals surface area contributed by atoms with Crippen LogP contribution in [0.2, 0.25) is 0 Å². The van der Waals surface area contributed by atoms with Crippen LogP contribution in [-0.4, -0.2) is 29.4 Å². The summed E-state index contributed by atoms with van der Waals surface area (Å²) in [6.07, 6.45) is -0.931. The molecule has 0 saturated heterocycles. The van der Waals surface area contributed by atoms with Gasteiger partial charge in [-0.2, -0.15) is 0 Å². The van der Waals surface area contributed by atoms with Crippen molar-refractivity contribution in [2.24, 2.45) is 0 Å². The molecule has 2 aromatic carbocycles. The maximum absolute atomic E-state index is 11.9. The van der Waals surface area contributed by atoms with Crippen molar-refractivity contribution in [2.45, 2.75) is 13.0 Å². The van der Waals surface area contributed by atoms with Crippen LogP contribution >= 0.6 is 15.9 Å². The molecular weight excluding hydrogens is 422 g/mol. The molecule has 10 heteroatoms. The lowest BCUT2D eigenvalue weighted by atomic mass is 10.3. The number of hydrazine groups is 1. The highest BCUT2D eigenvalue weighted by Crippen LogP contribution is 2.18. The Morgan fingerprint density at radius 2 is 1.67 bits per heavy atom. The molecule has 2 amide bonds. The number of carbonyl (C=O) groups excluding carboxylic acids is 2. The minimum atomic E-state index is -0.931. The molecule has 1 unspecified atom stereocenters. The van der Waals surface area contributed by atoms with Crippen molar-refractivity contribution in [3.05, 3.63) is 63.1 Å². The third-order valence-electron chi connectivity index (χ3n) is 3.24. The van der Waals surface area contributed by atoms with Crippen molar-refractivity contribution in [2.75, 3.05) is 6.61 Å². The first kappa shape index (κ1) is 20.2. The summed E-state index contributed by atoms with van der Waals surface area (Å²) in [5.74, 6) is -0.346. The van der Waals surface area contributed by atoms with Gasteiger partial charge in [-0.05, 0) is 43.3 Å². The molecule has 27 heavy (non-hydrogen) atoms. The van der Waals surface area contributed by atoms with Gasteiger partial charge in [0.05, 0.1) is 4.92 Å². The molecule has 2 N–H and O–H groups in total. The number of nitrogens with one attached hydrogen (secondary N) is 2. The van der Waals surface area contributed by atoms with Gasteiger partial charge in [-0.25, -0.2) is 0 Å². The van der Waals surface area contributed by atoms with Crippen LogP contribution in [0.25, 0.3) is 0 Å². The van der Waals surface area contributed by atoms with Crippen molar-refractivity contribution < 1.29 is 24.0 Å². The van der Waals surface area contributed by atoms with Gasteiger partial charge in [0.1, 0.15) is 11.5 Å². The molecule has 0 saturated carbocycles. The maximum Gasteiger partial charge on any atom is 0.279 e. The minimum absolute atomic E-state index is 0.0857. The summed E-state index contributed by atoms with van der Waals surface area (Å²) >= 11 is 3.29. The normalized spacial score (nSPS) is 11.2. The van der Waals surface area contributed by atoms with Gasteiger partial charge < -0.3 is 9.47 Å². The van der Waals surface area contributed by atoms with Crippen LogP contribution in [0.5, 0.6) is 11.5 Å². The zero-order valence-electron chi connectivity index (χ0n) is 14.2. The third kappa shape index (κ3) is 6.59. The Balaban J connectivity index is 1.74. The van der Waals surface area contributed by atoms with Gasteiger partial charge in [-0.15, -0.1) is 0 Å². The largest absolute Gasteiger partial charge is 0.484 e. The predicted molar refractivity (Wildman–Crippen MR) is 99.1 cm³/mol. The van der Waals surface area contributed by atoms with Crippen molar-refractivity contribution >= 4 is 33.4 Å². The number of nitrogens with zero attached hydrogens (tertiary/aromatic N) is 1. The van der Waals surface area contributed by atoms with E-state index in [0.29, 0.717) is 5.75 Å². The van der Waals surface area contributed by atoms with Gasteiger partial charge >= 0.3 is 0 Å². The molecule has 9 nitrogen and oxygen atoms in total. The first-order valence-electron chi connectivity index (χ1n) is 7.73. The Morgan fingerprint density at radius 3 is 2.26 bits per heavy atom. The van der Waals surface area contributed by atoms with E-state index in [2.05, 4.69) is 26.8 Å². The van der Waals surface area contributed by atoms with Crippen LogP contribution in [0.15, 0.2) is 53.0 Å². The maximum atomic E-state index is 11.9. The van der Waals surface area contributed by atoms with E-state index in [-0.39, 0.29) is 18.0 Å². The summed E-state index contributed by atoms with van der Waals surface area (Å²) in [7, 11) is 0. The van der Waals surface area contributed by atoms with Crippen LogP contribution < -0.4 is 20.3 Å². The van der Waals surface area contributed by atoms with E-state index >= 15 is 0 Å². The molecule has 0 bridgehead atoms. The Bertz CT molecular complexity index is 810. The van der Waals surface area contributed by atoms with Crippen molar-refractivity contribution in [3.63, 3.8) is 0 Å². The minimum Gasteiger partial charge on any atom is -0.484 e. The highest BCUT2D eigenvalue weighted by Gasteiger charge is 2.16. The molecular formula is C17H16BrN3O6. The molecule has 0 radical (unpaired) electrons. The number of rotatable bonds is 7. The Hall–Kier alpha value is -3.14. The van der Waals surface area contributed by atoms with E-state index in [1.165, 1.54) is 31.2 Å². The SMILES string of the molecule is CC(Oc1ccc([N+](=O)[O-])cc1)C(=O)NNC(=O)COc1ccc(Br)cc1.